The fraction of sp³-hybridized carbons (Fsp3) is 0.375. The molecule has 0 unspecified atom stereocenters. The van der Waals surface area contributed by atoms with Crippen LogP contribution in [0.2, 0.25) is 0 Å². The molecule has 1 aromatic carbocycles. The van der Waals surface area contributed by atoms with Crippen molar-refractivity contribution >= 4 is 17.9 Å². The van der Waals surface area contributed by atoms with Gasteiger partial charge in [0.1, 0.15) is 17.4 Å². The number of methoxy groups -OCH3 is 1. The summed E-state index contributed by atoms with van der Waals surface area (Å²) >= 11 is 0. The smallest absolute Gasteiger partial charge is 0.261 e. The molecular weight excluding hydrogens is 392 g/mol. The maximum absolute atomic E-state index is 12.5. The molecule has 7 heteroatoms. The Labute approximate surface area is 182 Å². The van der Waals surface area contributed by atoms with Crippen molar-refractivity contribution in [1.82, 2.24) is 14.8 Å². The normalized spacial score (nSPS) is 13.7. The van der Waals surface area contributed by atoms with Crippen molar-refractivity contribution in [3.63, 3.8) is 0 Å². The first-order valence-corrected chi connectivity index (χ1v) is 10.5. The Kier molecular flexibility index (Phi) is 7.14. The number of ether oxygens (including phenoxy) is 1. The number of amides is 2. The number of nitrogens with zero attached hydrogens (tertiary/aromatic N) is 3. The molecule has 7 nitrogen and oxygen atoms in total. The summed E-state index contributed by atoms with van der Waals surface area (Å²) in [4.78, 5) is 26.4. The Bertz CT molecular complexity index is 1020. The zero-order chi connectivity index (χ0) is 22.4. The summed E-state index contributed by atoms with van der Waals surface area (Å²) < 4.78 is 7.28. The fourth-order valence-corrected chi connectivity index (χ4v) is 3.87. The van der Waals surface area contributed by atoms with Crippen molar-refractivity contribution in [2.24, 2.45) is 0 Å². The fourth-order valence-electron chi connectivity index (χ4n) is 3.87. The van der Waals surface area contributed by atoms with Crippen LogP contribution in [0.5, 0.6) is 5.75 Å². The lowest BCUT2D eigenvalue weighted by atomic mass is 10.1. The molecule has 0 spiro atoms. The second kappa shape index (κ2) is 9.98. The summed E-state index contributed by atoms with van der Waals surface area (Å²) in [5, 5.41) is 12.2. The molecule has 31 heavy (non-hydrogen) atoms. The van der Waals surface area contributed by atoms with Crippen LogP contribution in [0.4, 0.5) is 0 Å². The van der Waals surface area contributed by atoms with Gasteiger partial charge in [-0.15, -0.1) is 0 Å². The summed E-state index contributed by atoms with van der Waals surface area (Å²) in [7, 11) is 1.63. The van der Waals surface area contributed by atoms with Crippen LogP contribution >= 0.6 is 0 Å². The van der Waals surface area contributed by atoms with Crippen molar-refractivity contribution in [3.8, 4) is 17.5 Å². The van der Waals surface area contributed by atoms with E-state index in [2.05, 4.69) is 9.88 Å². The lowest BCUT2D eigenvalue weighted by Crippen LogP contribution is -2.33. The van der Waals surface area contributed by atoms with Gasteiger partial charge in [-0.05, 0) is 68.7 Å². The van der Waals surface area contributed by atoms with Gasteiger partial charge in [-0.25, -0.2) is 0 Å². The number of carbonyl (C=O) groups is 2. The second-order valence-electron chi connectivity index (χ2n) is 7.62. The van der Waals surface area contributed by atoms with E-state index in [9.17, 15) is 14.9 Å². The first-order chi connectivity index (χ1) is 14.9. The largest absolute Gasteiger partial charge is 0.497 e. The van der Waals surface area contributed by atoms with E-state index in [0.717, 1.165) is 54.3 Å². The zero-order valence-electron chi connectivity index (χ0n) is 18.3. The van der Waals surface area contributed by atoms with E-state index in [1.807, 2.05) is 55.1 Å². The minimum Gasteiger partial charge on any atom is -0.497 e. The number of aryl methyl sites for hydroxylation is 1. The highest BCUT2D eigenvalue weighted by Crippen LogP contribution is 2.24. The molecule has 2 amide bonds. The Balaban J connectivity index is 1.70. The molecule has 1 N–H and O–H groups in total. The van der Waals surface area contributed by atoms with Gasteiger partial charge < -0.3 is 19.5 Å². The molecule has 0 saturated carbocycles. The average Bonchev–Trinajstić information content (AvgIpc) is 3.40. The number of carbonyl (C=O) groups excluding carboxylic acids is 2. The molecule has 0 radical (unpaired) electrons. The molecule has 1 saturated heterocycles. The quantitative estimate of drug-likeness (QED) is 0.551. The van der Waals surface area contributed by atoms with Crippen molar-refractivity contribution in [2.75, 3.05) is 26.7 Å². The minimum atomic E-state index is -0.467. The van der Waals surface area contributed by atoms with Crippen LogP contribution in [0.25, 0.3) is 11.8 Å². The Morgan fingerprint density at radius 1 is 1.19 bits per heavy atom. The van der Waals surface area contributed by atoms with E-state index in [1.54, 1.807) is 13.2 Å². The van der Waals surface area contributed by atoms with Crippen molar-refractivity contribution in [2.45, 2.75) is 33.1 Å². The SMILES string of the molecule is COc1ccc(-n2c(C)cc(/C=C(\C#N)C(=O)NCCC(=O)N3CCCC3)c2C)cc1. The molecule has 3 rings (SSSR count). The molecule has 2 aromatic rings. The highest BCUT2D eigenvalue weighted by atomic mass is 16.5. The first kappa shape index (κ1) is 22.2. The second-order valence-corrected chi connectivity index (χ2v) is 7.62. The van der Waals surface area contributed by atoms with Gasteiger partial charge in [0.15, 0.2) is 0 Å². The van der Waals surface area contributed by atoms with Crippen LogP contribution in [-0.2, 0) is 9.59 Å². The van der Waals surface area contributed by atoms with Crippen LogP contribution < -0.4 is 10.1 Å². The molecule has 162 valence electrons. The summed E-state index contributed by atoms with van der Waals surface area (Å²) in [6.45, 7) is 5.73. The summed E-state index contributed by atoms with van der Waals surface area (Å²) in [6.07, 6.45) is 3.92. The van der Waals surface area contributed by atoms with Gasteiger partial charge in [0.2, 0.25) is 5.91 Å². The van der Waals surface area contributed by atoms with Gasteiger partial charge in [0.05, 0.1) is 7.11 Å². The molecule has 1 aromatic heterocycles. The topological polar surface area (TPSA) is 87.4 Å². The van der Waals surface area contributed by atoms with Crippen LogP contribution in [0.15, 0.2) is 35.9 Å². The number of hydrogen-bond acceptors (Lipinski definition) is 4. The van der Waals surface area contributed by atoms with Crippen molar-refractivity contribution in [1.29, 1.82) is 5.26 Å². The van der Waals surface area contributed by atoms with Gasteiger partial charge in [-0.2, -0.15) is 5.26 Å². The molecular formula is C24H28N4O3. The third-order valence-corrected chi connectivity index (χ3v) is 5.55. The molecule has 0 atom stereocenters. The molecule has 1 aliphatic rings. The van der Waals surface area contributed by atoms with E-state index >= 15 is 0 Å². The predicted molar refractivity (Wildman–Crippen MR) is 119 cm³/mol. The van der Waals surface area contributed by atoms with E-state index in [-0.39, 0.29) is 24.4 Å². The number of hydrogen-bond donors (Lipinski definition) is 1. The van der Waals surface area contributed by atoms with Gasteiger partial charge in [-0.1, -0.05) is 0 Å². The summed E-state index contributed by atoms with van der Waals surface area (Å²) in [5.41, 5.74) is 3.70. The zero-order valence-corrected chi connectivity index (χ0v) is 18.3. The van der Waals surface area contributed by atoms with Crippen LogP contribution in [0, 0.1) is 25.2 Å². The standard InChI is InChI=1S/C24H28N4O3/c1-17-14-19(18(2)28(17)21-6-8-22(31-3)9-7-21)15-20(16-25)24(30)26-11-10-23(29)27-12-4-5-13-27/h6-9,14-15H,4-5,10-13H2,1-3H3,(H,26,30)/b20-15+. The summed E-state index contributed by atoms with van der Waals surface area (Å²) in [6, 6.07) is 11.6. The van der Waals surface area contributed by atoms with E-state index in [0.29, 0.717) is 0 Å². The van der Waals surface area contributed by atoms with Crippen molar-refractivity contribution in [3.05, 3.63) is 52.9 Å². The number of likely N-dealkylation sites (tertiary alicyclic amines) is 1. The maximum atomic E-state index is 12.5. The molecule has 0 aliphatic carbocycles. The van der Waals surface area contributed by atoms with Crippen molar-refractivity contribution < 1.29 is 14.3 Å². The predicted octanol–water partition coefficient (Wildman–Crippen LogP) is 3.14. The molecule has 1 aliphatic heterocycles. The minimum absolute atomic E-state index is 0.0172. The number of nitrogens with one attached hydrogen (secondary N) is 1. The van der Waals surface area contributed by atoms with Gasteiger partial charge in [-0.3, -0.25) is 9.59 Å². The highest BCUT2D eigenvalue weighted by molar-refractivity contribution is 6.02. The van der Waals surface area contributed by atoms with E-state index < -0.39 is 5.91 Å². The van der Waals surface area contributed by atoms with Crippen LogP contribution in [-0.4, -0.2) is 48.0 Å². The average molecular weight is 421 g/mol. The van der Waals surface area contributed by atoms with Crippen LogP contribution in [0.1, 0.15) is 36.2 Å². The van der Waals surface area contributed by atoms with Gasteiger partial charge in [0, 0.05) is 43.1 Å². The van der Waals surface area contributed by atoms with Gasteiger partial charge >= 0.3 is 0 Å². The Morgan fingerprint density at radius 3 is 2.48 bits per heavy atom. The molecule has 2 heterocycles. The Morgan fingerprint density at radius 2 is 1.87 bits per heavy atom. The Hall–Kier alpha value is -3.53. The summed E-state index contributed by atoms with van der Waals surface area (Å²) in [5.74, 6) is 0.354. The highest BCUT2D eigenvalue weighted by Gasteiger charge is 2.18. The third kappa shape index (κ3) is 5.15. The monoisotopic (exact) mass is 420 g/mol. The van der Waals surface area contributed by atoms with E-state index in [4.69, 9.17) is 4.74 Å². The lowest BCUT2D eigenvalue weighted by molar-refractivity contribution is -0.130. The first-order valence-electron chi connectivity index (χ1n) is 10.5. The van der Waals surface area contributed by atoms with Gasteiger partial charge in [0.25, 0.3) is 5.91 Å². The third-order valence-electron chi connectivity index (χ3n) is 5.55. The molecule has 1 fully saturated rings. The lowest BCUT2D eigenvalue weighted by Gasteiger charge is -2.15. The maximum Gasteiger partial charge on any atom is 0.261 e. The van der Waals surface area contributed by atoms with E-state index in [1.165, 1.54) is 0 Å². The number of rotatable bonds is 7. The molecule has 0 bridgehead atoms. The number of benzene rings is 1. The van der Waals surface area contributed by atoms with Crippen LogP contribution in [0.3, 0.4) is 0 Å². The number of aromatic nitrogens is 1. The number of nitriles is 1.